The molecule has 2 heterocycles. The van der Waals surface area contributed by atoms with Gasteiger partial charge in [-0.3, -0.25) is 4.79 Å². The normalized spacial score (nSPS) is 17.1. The number of benzene rings is 3. The minimum atomic E-state index is -1.04. The first-order valence-corrected chi connectivity index (χ1v) is 10.2. The monoisotopic (exact) mass is 451 g/mol. The van der Waals surface area contributed by atoms with Gasteiger partial charge in [-0.1, -0.05) is 24.3 Å². The molecule has 3 aromatic rings. The summed E-state index contributed by atoms with van der Waals surface area (Å²) >= 11 is 0. The Kier molecular flexibility index (Phi) is 5.12. The third-order valence-corrected chi connectivity index (χ3v) is 5.75. The summed E-state index contributed by atoms with van der Waals surface area (Å²) in [5.74, 6) is -1.35. The fourth-order valence-electron chi connectivity index (χ4n) is 4.15. The number of hydrogen-bond acceptors (Lipinski definition) is 5. The number of halogens is 2. The molecule has 0 aromatic heterocycles. The number of aliphatic hydroxyl groups excluding tert-OH is 1. The molecule has 1 atom stereocenters. The molecule has 0 radical (unpaired) electrons. The van der Waals surface area contributed by atoms with Crippen molar-refractivity contribution in [2.24, 2.45) is 0 Å². The van der Waals surface area contributed by atoms with Crippen LogP contribution in [0.4, 0.5) is 8.78 Å². The third kappa shape index (κ3) is 3.63. The second kappa shape index (κ2) is 8.12. The average Bonchev–Trinajstić information content (AvgIpc) is 3.39. The van der Waals surface area contributed by atoms with E-state index < -0.39 is 29.3 Å². The lowest BCUT2D eigenvalue weighted by Gasteiger charge is -2.27. The first-order chi connectivity index (χ1) is 16.0. The van der Waals surface area contributed by atoms with Gasteiger partial charge >= 0.3 is 0 Å². The number of aliphatic hydroxyl groups is 1. The topological polar surface area (TPSA) is 68.2 Å². The summed E-state index contributed by atoms with van der Waals surface area (Å²) in [7, 11) is 1.53. The molecule has 0 spiro atoms. The van der Waals surface area contributed by atoms with E-state index in [1.807, 2.05) is 0 Å². The number of carbonyl (C=O) groups is 1. The van der Waals surface area contributed by atoms with Crippen molar-refractivity contribution < 1.29 is 32.9 Å². The van der Waals surface area contributed by atoms with Crippen LogP contribution < -0.4 is 14.2 Å². The number of amides is 1. The molecular weight excluding hydrogens is 432 g/mol. The Morgan fingerprint density at radius 2 is 1.76 bits per heavy atom. The van der Waals surface area contributed by atoms with Gasteiger partial charge in [0.05, 0.1) is 13.2 Å². The average molecular weight is 451 g/mol. The largest absolute Gasteiger partial charge is 0.503 e. The van der Waals surface area contributed by atoms with Crippen LogP contribution in [-0.4, -0.2) is 29.8 Å². The van der Waals surface area contributed by atoms with Crippen molar-refractivity contribution in [3.63, 3.8) is 0 Å². The zero-order chi connectivity index (χ0) is 23.1. The van der Waals surface area contributed by atoms with E-state index in [9.17, 15) is 18.7 Å². The number of rotatable bonds is 5. The summed E-state index contributed by atoms with van der Waals surface area (Å²) in [6, 6.07) is 14.7. The highest BCUT2D eigenvalue weighted by atomic mass is 19.2. The van der Waals surface area contributed by atoms with Crippen molar-refractivity contribution in [1.29, 1.82) is 0 Å². The van der Waals surface area contributed by atoms with Crippen molar-refractivity contribution in [2.75, 3.05) is 13.9 Å². The van der Waals surface area contributed by atoms with Crippen LogP contribution in [0.15, 0.2) is 66.4 Å². The minimum Gasteiger partial charge on any atom is -0.503 e. The number of ether oxygens (including phenoxy) is 3. The predicted molar refractivity (Wildman–Crippen MR) is 115 cm³/mol. The van der Waals surface area contributed by atoms with Crippen LogP contribution in [0, 0.1) is 11.6 Å². The fraction of sp³-hybridized carbons (Fsp3) is 0.160. The zero-order valence-electron chi connectivity index (χ0n) is 17.5. The van der Waals surface area contributed by atoms with Crippen LogP contribution in [0.5, 0.6) is 17.2 Å². The molecule has 1 amide bonds. The molecule has 2 aliphatic rings. The van der Waals surface area contributed by atoms with Crippen molar-refractivity contribution in [3.05, 3.63) is 94.7 Å². The number of hydrogen-bond donors (Lipinski definition) is 1. The molecule has 0 bridgehead atoms. The molecule has 3 aromatic carbocycles. The smallest absolute Gasteiger partial charge is 0.290 e. The molecule has 0 unspecified atom stereocenters. The predicted octanol–water partition coefficient (Wildman–Crippen LogP) is 4.75. The van der Waals surface area contributed by atoms with E-state index in [1.54, 1.807) is 42.5 Å². The quantitative estimate of drug-likeness (QED) is 0.606. The van der Waals surface area contributed by atoms with E-state index in [1.165, 1.54) is 18.1 Å². The summed E-state index contributed by atoms with van der Waals surface area (Å²) in [6.45, 7) is 0.214. The number of nitrogens with zero attached hydrogens (tertiary/aromatic N) is 1. The van der Waals surface area contributed by atoms with E-state index in [4.69, 9.17) is 14.2 Å². The molecular formula is C25H19F2NO5. The number of fused-ring (bicyclic) bond motifs is 1. The highest BCUT2D eigenvalue weighted by Gasteiger charge is 2.41. The second-order valence-electron chi connectivity index (χ2n) is 7.69. The Labute approximate surface area is 188 Å². The summed E-state index contributed by atoms with van der Waals surface area (Å²) < 4.78 is 43.7. The Morgan fingerprint density at radius 1 is 1.00 bits per heavy atom. The zero-order valence-corrected chi connectivity index (χ0v) is 17.5. The molecule has 0 fully saturated rings. The molecule has 0 saturated heterocycles. The number of methoxy groups -OCH3 is 1. The molecule has 0 saturated carbocycles. The summed E-state index contributed by atoms with van der Waals surface area (Å²) in [6.07, 6.45) is 0. The highest BCUT2D eigenvalue weighted by Crippen LogP contribution is 2.44. The van der Waals surface area contributed by atoms with Gasteiger partial charge in [-0.05, 0) is 53.1 Å². The molecule has 2 aliphatic heterocycles. The molecule has 8 heteroatoms. The van der Waals surface area contributed by atoms with Gasteiger partial charge in [-0.2, -0.15) is 0 Å². The van der Waals surface area contributed by atoms with Crippen molar-refractivity contribution >= 4 is 11.5 Å². The standard InChI is InChI=1S/C25H19F2NO5/c1-31-17-6-3-15(4-7-17)22-23(16-5-8-18(26)19(27)11-16)28(25(30)24(22)29)12-14-2-9-20-21(10-14)33-13-32-20/h2-11,23,29H,12-13H2,1H3/t23-/m0/s1. The molecule has 1 N–H and O–H groups in total. The maximum absolute atomic E-state index is 14.2. The maximum atomic E-state index is 14.2. The number of carbonyl (C=O) groups excluding carboxylic acids is 1. The molecule has 33 heavy (non-hydrogen) atoms. The van der Waals surface area contributed by atoms with Crippen LogP contribution in [0.1, 0.15) is 22.7 Å². The van der Waals surface area contributed by atoms with Crippen molar-refractivity contribution in [2.45, 2.75) is 12.6 Å². The minimum absolute atomic E-state index is 0.100. The molecule has 168 valence electrons. The molecule has 0 aliphatic carbocycles. The lowest BCUT2D eigenvalue weighted by Crippen LogP contribution is -2.30. The summed E-state index contributed by atoms with van der Waals surface area (Å²) in [4.78, 5) is 14.6. The Morgan fingerprint density at radius 3 is 2.48 bits per heavy atom. The highest BCUT2D eigenvalue weighted by molar-refractivity contribution is 6.05. The van der Waals surface area contributed by atoms with E-state index >= 15 is 0 Å². The van der Waals surface area contributed by atoms with Gasteiger partial charge in [-0.15, -0.1) is 0 Å². The van der Waals surface area contributed by atoms with Gasteiger partial charge in [0.25, 0.3) is 5.91 Å². The van der Waals surface area contributed by atoms with E-state index in [2.05, 4.69) is 0 Å². The Balaban J connectivity index is 1.58. The van der Waals surface area contributed by atoms with E-state index in [-0.39, 0.29) is 13.3 Å². The van der Waals surface area contributed by atoms with Crippen LogP contribution in [-0.2, 0) is 11.3 Å². The van der Waals surface area contributed by atoms with Gasteiger partial charge < -0.3 is 24.2 Å². The fourth-order valence-corrected chi connectivity index (χ4v) is 4.15. The SMILES string of the molecule is COc1ccc(C2=C(O)C(=O)N(Cc3ccc4c(c3)OCO4)[C@H]2c2ccc(F)c(F)c2)cc1. The van der Waals surface area contributed by atoms with Crippen LogP contribution in [0.25, 0.3) is 5.57 Å². The lowest BCUT2D eigenvalue weighted by molar-refractivity contribution is -0.130. The maximum Gasteiger partial charge on any atom is 0.290 e. The van der Waals surface area contributed by atoms with E-state index in [0.717, 1.165) is 17.7 Å². The van der Waals surface area contributed by atoms with Crippen LogP contribution >= 0.6 is 0 Å². The van der Waals surface area contributed by atoms with Gasteiger partial charge in [0.1, 0.15) is 5.75 Å². The van der Waals surface area contributed by atoms with Gasteiger partial charge in [0.15, 0.2) is 28.9 Å². The molecule has 5 rings (SSSR count). The van der Waals surface area contributed by atoms with Gasteiger partial charge in [-0.25, -0.2) is 8.78 Å². The first-order valence-electron chi connectivity index (χ1n) is 10.2. The van der Waals surface area contributed by atoms with Gasteiger partial charge in [0, 0.05) is 12.1 Å². The first kappa shape index (κ1) is 20.8. The Hall–Kier alpha value is -4.07. The summed E-state index contributed by atoms with van der Waals surface area (Å²) in [5, 5.41) is 10.8. The lowest BCUT2D eigenvalue weighted by atomic mass is 9.93. The molecule has 6 nitrogen and oxygen atoms in total. The van der Waals surface area contributed by atoms with Gasteiger partial charge in [0.2, 0.25) is 6.79 Å². The van der Waals surface area contributed by atoms with E-state index in [0.29, 0.717) is 33.9 Å². The second-order valence-corrected chi connectivity index (χ2v) is 7.69. The van der Waals surface area contributed by atoms with Crippen molar-refractivity contribution in [1.82, 2.24) is 4.90 Å². The third-order valence-electron chi connectivity index (χ3n) is 5.75. The Bertz CT molecular complexity index is 1270. The van der Waals surface area contributed by atoms with Crippen molar-refractivity contribution in [3.8, 4) is 17.2 Å². The summed E-state index contributed by atoms with van der Waals surface area (Å²) in [5.41, 5.74) is 1.92. The van der Waals surface area contributed by atoms with Crippen LogP contribution in [0.3, 0.4) is 0 Å². The van der Waals surface area contributed by atoms with Crippen LogP contribution in [0.2, 0.25) is 0 Å².